The number of hydrogen-bond acceptors (Lipinski definition) is 2. The predicted molar refractivity (Wildman–Crippen MR) is 43.1 cm³/mol. The van der Waals surface area contributed by atoms with E-state index in [0.29, 0.717) is 6.54 Å². The molecule has 3 heteroatoms. The molecule has 0 fully saturated rings. The number of nitrogens with two attached hydrogens (primary N) is 1. The Hall–Kier alpha value is -1.35. The Bertz CT molecular complexity index is 364. The van der Waals surface area contributed by atoms with Gasteiger partial charge in [-0.15, -0.1) is 0 Å². The SMILES string of the molecule is NCc1cccc2ccnn12. The smallest absolute Gasteiger partial charge is 0.0665 e. The summed E-state index contributed by atoms with van der Waals surface area (Å²) in [7, 11) is 0. The van der Waals surface area contributed by atoms with Gasteiger partial charge in [0.15, 0.2) is 0 Å². The molecule has 0 saturated carbocycles. The number of aromatic nitrogens is 2. The molecule has 0 unspecified atom stereocenters. The summed E-state index contributed by atoms with van der Waals surface area (Å²) in [4.78, 5) is 0. The van der Waals surface area contributed by atoms with Crippen LogP contribution in [0.3, 0.4) is 0 Å². The lowest BCUT2D eigenvalue weighted by molar-refractivity contribution is 0.850. The lowest BCUT2D eigenvalue weighted by Gasteiger charge is -1.99. The normalized spacial score (nSPS) is 10.6. The predicted octanol–water partition coefficient (Wildman–Crippen LogP) is 0.793. The monoisotopic (exact) mass is 147 g/mol. The first-order chi connectivity index (χ1) is 5.42. The fourth-order valence-corrected chi connectivity index (χ4v) is 1.16. The van der Waals surface area contributed by atoms with E-state index in [1.54, 1.807) is 6.20 Å². The lowest BCUT2D eigenvalue weighted by atomic mass is 10.3. The number of nitrogens with zero attached hydrogens (tertiary/aromatic N) is 2. The van der Waals surface area contributed by atoms with Crippen molar-refractivity contribution in [3.05, 3.63) is 36.2 Å². The molecular weight excluding hydrogens is 138 g/mol. The Labute approximate surface area is 64.4 Å². The van der Waals surface area contributed by atoms with Crippen LogP contribution in [-0.4, -0.2) is 9.61 Å². The summed E-state index contributed by atoms with van der Waals surface area (Å²) in [6.45, 7) is 0.527. The van der Waals surface area contributed by atoms with Crippen LogP contribution in [0.5, 0.6) is 0 Å². The van der Waals surface area contributed by atoms with Gasteiger partial charge < -0.3 is 5.73 Å². The van der Waals surface area contributed by atoms with Crippen molar-refractivity contribution in [1.82, 2.24) is 9.61 Å². The van der Waals surface area contributed by atoms with Crippen LogP contribution >= 0.6 is 0 Å². The lowest BCUT2D eigenvalue weighted by Crippen LogP contribution is -2.03. The largest absolute Gasteiger partial charge is 0.325 e. The van der Waals surface area contributed by atoms with Crippen LogP contribution in [0, 0.1) is 0 Å². The summed E-state index contributed by atoms with van der Waals surface area (Å²) in [6, 6.07) is 7.92. The highest BCUT2D eigenvalue weighted by Gasteiger charge is 1.96. The highest BCUT2D eigenvalue weighted by atomic mass is 15.2. The molecular formula is C8H9N3. The summed E-state index contributed by atoms with van der Waals surface area (Å²) >= 11 is 0. The van der Waals surface area contributed by atoms with Gasteiger partial charge in [-0.05, 0) is 18.2 Å². The zero-order chi connectivity index (χ0) is 7.68. The molecule has 0 radical (unpaired) electrons. The quantitative estimate of drug-likeness (QED) is 0.648. The molecule has 0 saturated heterocycles. The van der Waals surface area contributed by atoms with Gasteiger partial charge >= 0.3 is 0 Å². The van der Waals surface area contributed by atoms with Gasteiger partial charge in [0, 0.05) is 12.7 Å². The standard InChI is InChI=1S/C8H9N3/c9-6-8-3-1-2-7-4-5-10-11(7)8/h1-5H,6,9H2. The highest BCUT2D eigenvalue weighted by molar-refractivity contribution is 5.46. The molecule has 0 bridgehead atoms. The van der Waals surface area contributed by atoms with Crippen LogP contribution in [-0.2, 0) is 6.54 Å². The van der Waals surface area contributed by atoms with Crippen molar-refractivity contribution in [1.29, 1.82) is 0 Å². The van der Waals surface area contributed by atoms with Gasteiger partial charge in [0.2, 0.25) is 0 Å². The molecule has 0 atom stereocenters. The topological polar surface area (TPSA) is 43.3 Å². The van der Waals surface area contributed by atoms with Gasteiger partial charge in [0.1, 0.15) is 0 Å². The molecule has 11 heavy (non-hydrogen) atoms. The van der Waals surface area contributed by atoms with Crippen molar-refractivity contribution in [3.8, 4) is 0 Å². The van der Waals surface area contributed by atoms with E-state index in [9.17, 15) is 0 Å². The zero-order valence-electron chi connectivity index (χ0n) is 6.07. The average Bonchev–Trinajstić information content (AvgIpc) is 2.50. The van der Waals surface area contributed by atoms with Gasteiger partial charge in [-0.25, -0.2) is 4.52 Å². The van der Waals surface area contributed by atoms with Crippen LogP contribution in [0.2, 0.25) is 0 Å². The van der Waals surface area contributed by atoms with E-state index < -0.39 is 0 Å². The molecule has 2 rings (SSSR count). The van der Waals surface area contributed by atoms with E-state index >= 15 is 0 Å². The second-order valence-electron chi connectivity index (χ2n) is 2.39. The Kier molecular flexibility index (Phi) is 1.36. The number of rotatable bonds is 1. The minimum atomic E-state index is 0.527. The summed E-state index contributed by atoms with van der Waals surface area (Å²) in [5, 5.41) is 4.13. The van der Waals surface area contributed by atoms with Gasteiger partial charge in [-0.3, -0.25) is 0 Å². The molecule has 0 aliphatic carbocycles. The second-order valence-corrected chi connectivity index (χ2v) is 2.39. The summed E-state index contributed by atoms with van der Waals surface area (Å²) in [6.07, 6.45) is 1.77. The average molecular weight is 147 g/mol. The van der Waals surface area contributed by atoms with Crippen molar-refractivity contribution in [3.63, 3.8) is 0 Å². The first-order valence-corrected chi connectivity index (χ1v) is 3.53. The highest BCUT2D eigenvalue weighted by Crippen LogP contribution is 2.04. The first-order valence-electron chi connectivity index (χ1n) is 3.53. The Morgan fingerprint density at radius 3 is 3.09 bits per heavy atom. The molecule has 0 aromatic carbocycles. The Balaban J connectivity index is 2.79. The van der Waals surface area contributed by atoms with Gasteiger partial charge in [-0.1, -0.05) is 6.07 Å². The maximum Gasteiger partial charge on any atom is 0.0665 e. The van der Waals surface area contributed by atoms with Crippen LogP contribution in [0.4, 0.5) is 0 Å². The van der Waals surface area contributed by atoms with Crippen molar-refractivity contribution >= 4 is 5.52 Å². The molecule has 2 aromatic rings. The van der Waals surface area contributed by atoms with E-state index in [-0.39, 0.29) is 0 Å². The molecule has 2 heterocycles. The van der Waals surface area contributed by atoms with Gasteiger partial charge in [0.05, 0.1) is 11.2 Å². The molecule has 2 aromatic heterocycles. The third-order valence-electron chi connectivity index (χ3n) is 1.71. The maximum atomic E-state index is 5.51. The third-order valence-corrected chi connectivity index (χ3v) is 1.71. The van der Waals surface area contributed by atoms with Crippen molar-refractivity contribution in [2.75, 3.05) is 0 Å². The number of pyridine rings is 1. The van der Waals surface area contributed by atoms with Gasteiger partial charge in [-0.2, -0.15) is 5.10 Å². The third kappa shape index (κ3) is 0.897. The molecule has 2 N–H and O–H groups in total. The van der Waals surface area contributed by atoms with Crippen LogP contribution in [0.1, 0.15) is 5.69 Å². The summed E-state index contributed by atoms with van der Waals surface area (Å²) in [5.74, 6) is 0. The van der Waals surface area contributed by atoms with Crippen LogP contribution < -0.4 is 5.73 Å². The van der Waals surface area contributed by atoms with Crippen LogP contribution in [0.25, 0.3) is 5.52 Å². The fourth-order valence-electron chi connectivity index (χ4n) is 1.16. The molecule has 3 nitrogen and oxygen atoms in total. The van der Waals surface area contributed by atoms with Crippen molar-refractivity contribution in [2.45, 2.75) is 6.54 Å². The molecule has 0 aliphatic heterocycles. The summed E-state index contributed by atoms with van der Waals surface area (Å²) < 4.78 is 1.85. The minimum Gasteiger partial charge on any atom is -0.325 e. The van der Waals surface area contributed by atoms with Crippen molar-refractivity contribution in [2.24, 2.45) is 5.73 Å². The van der Waals surface area contributed by atoms with E-state index in [1.165, 1.54) is 0 Å². The first kappa shape index (κ1) is 6.37. The minimum absolute atomic E-state index is 0.527. The zero-order valence-corrected chi connectivity index (χ0v) is 6.07. The summed E-state index contributed by atoms with van der Waals surface area (Å²) in [5.41, 5.74) is 7.64. The Morgan fingerprint density at radius 1 is 1.36 bits per heavy atom. The molecule has 56 valence electrons. The number of fused-ring (bicyclic) bond motifs is 1. The van der Waals surface area contributed by atoms with E-state index in [2.05, 4.69) is 5.10 Å². The van der Waals surface area contributed by atoms with Crippen LogP contribution in [0.15, 0.2) is 30.5 Å². The fraction of sp³-hybridized carbons (Fsp3) is 0.125. The molecule has 0 aliphatic rings. The number of hydrogen-bond donors (Lipinski definition) is 1. The molecule has 0 spiro atoms. The van der Waals surface area contributed by atoms with Crippen molar-refractivity contribution < 1.29 is 0 Å². The Morgan fingerprint density at radius 2 is 2.27 bits per heavy atom. The maximum absolute atomic E-state index is 5.51. The molecule has 0 amide bonds. The van der Waals surface area contributed by atoms with Gasteiger partial charge in [0.25, 0.3) is 0 Å². The van der Waals surface area contributed by atoms with E-state index in [4.69, 9.17) is 5.73 Å². The van der Waals surface area contributed by atoms with E-state index in [0.717, 1.165) is 11.2 Å². The van der Waals surface area contributed by atoms with E-state index in [1.807, 2.05) is 28.8 Å². The second kappa shape index (κ2) is 2.36.